The summed E-state index contributed by atoms with van der Waals surface area (Å²) in [7, 11) is 0. The molecular weight excluding hydrogens is 342 g/mol. The van der Waals surface area contributed by atoms with E-state index in [0.29, 0.717) is 17.9 Å². The molecule has 7 bridgehead atoms. The maximum Gasteiger partial charge on any atom is 0.117 e. The van der Waals surface area contributed by atoms with Gasteiger partial charge in [0.05, 0.1) is 18.8 Å². The maximum absolute atomic E-state index is 11.5. The van der Waals surface area contributed by atoms with Crippen LogP contribution < -0.4 is 0 Å². The van der Waals surface area contributed by atoms with Crippen LogP contribution in [-0.2, 0) is 0 Å². The molecule has 0 aromatic heterocycles. The normalized spacial score (nSPS) is 66.2. The van der Waals surface area contributed by atoms with Gasteiger partial charge in [-0.1, -0.05) is 13.8 Å². The molecule has 7 aliphatic rings. The van der Waals surface area contributed by atoms with Crippen LogP contribution in [0, 0.1) is 39.9 Å². The SMILES string of the molecule is CCN1C[C@]2(C)CC[C@H](O)[C@@]34[C@@H]2C[C@@H]([C@@H]13)[C@@]12CC[C@@H](C[C@H]14)[C@@](O)(CO)[C@H]2O. The van der Waals surface area contributed by atoms with E-state index < -0.39 is 11.7 Å². The van der Waals surface area contributed by atoms with Crippen molar-refractivity contribution in [3.05, 3.63) is 0 Å². The van der Waals surface area contributed by atoms with Gasteiger partial charge in [0.25, 0.3) is 0 Å². The zero-order chi connectivity index (χ0) is 19.0. The van der Waals surface area contributed by atoms with Gasteiger partial charge in [0.2, 0.25) is 0 Å². The molecule has 0 amide bonds. The molecule has 5 heteroatoms. The standard InChI is InChI=1S/C22H35NO4/c1-3-23-10-19(2)6-5-16(25)22-14(19)9-13(17(22)23)20-7-4-12(8-15(20)22)21(27,11-24)18(20)26/h12-18,24-27H,3-11H2,1-2H3/t12-,13-,14+,15+,16-,17+,18-,19-,20-,21-,22-/m0/s1. The Labute approximate surface area is 161 Å². The van der Waals surface area contributed by atoms with Gasteiger partial charge in [0.15, 0.2) is 0 Å². The van der Waals surface area contributed by atoms with E-state index in [-0.39, 0.29) is 40.8 Å². The number of fused-ring (bicyclic) bond motifs is 2. The number of rotatable bonds is 2. The quantitative estimate of drug-likeness (QED) is 0.577. The minimum atomic E-state index is -1.36. The molecule has 5 nitrogen and oxygen atoms in total. The van der Waals surface area contributed by atoms with Crippen LogP contribution in [0.2, 0.25) is 0 Å². The number of hydrogen-bond donors (Lipinski definition) is 4. The molecule has 0 unspecified atom stereocenters. The van der Waals surface area contributed by atoms with Crippen molar-refractivity contribution in [3.8, 4) is 0 Å². The lowest BCUT2D eigenvalue weighted by Crippen LogP contribution is -2.74. The van der Waals surface area contributed by atoms with Gasteiger partial charge >= 0.3 is 0 Å². The zero-order valence-electron chi connectivity index (χ0n) is 16.6. The Bertz CT molecular complexity index is 687. The molecule has 0 aromatic carbocycles. The third-order valence-corrected chi connectivity index (χ3v) is 11.1. The van der Waals surface area contributed by atoms with Gasteiger partial charge in [-0.2, -0.15) is 0 Å². The number of likely N-dealkylation sites (tertiary alicyclic amines) is 1. The number of hydrogen-bond acceptors (Lipinski definition) is 5. The first-order valence-electron chi connectivity index (χ1n) is 11.2. The van der Waals surface area contributed by atoms with E-state index in [0.717, 1.165) is 51.6 Å². The van der Waals surface area contributed by atoms with Gasteiger partial charge in [-0.25, -0.2) is 0 Å². The molecule has 1 saturated heterocycles. The second-order valence-corrected chi connectivity index (χ2v) is 11.3. The van der Waals surface area contributed by atoms with Gasteiger partial charge < -0.3 is 20.4 Å². The summed E-state index contributed by atoms with van der Waals surface area (Å²) in [5, 5.41) is 44.3. The minimum absolute atomic E-state index is 0.0470. The first kappa shape index (κ1) is 17.6. The van der Waals surface area contributed by atoms with Gasteiger partial charge in [0.1, 0.15) is 5.60 Å². The lowest BCUT2D eigenvalue weighted by Gasteiger charge is -2.69. The average Bonchev–Trinajstić information content (AvgIpc) is 3.12. The molecule has 152 valence electrons. The summed E-state index contributed by atoms with van der Waals surface area (Å²) in [6.07, 6.45) is 4.61. The Hall–Kier alpha value is -0.200. The fraction of sp³-hybridized carbons (Fsp3) is 1.00. The first-order chi connectivity index (χ1) is 12.8. The van der Waals surface area contributed by atoms with Crippen LogP contribution in [0.15, 0.2) is 0 Å². The van der Waals surface area contributed by atoms with Crippen molar-refractivity contribution < 1.29 is 20.4 Å². The summed E-state index contributed by atoms with van der Waals surface area (Å²) in [6.45, 7) is 6.43. The summed E-state index contributed by atoms with van der Waals surface area (Å²) < 4.78 is 0. The lowest BCUT2D eigenvalue weighted by molar-refractivity contribution is -0.297. The van der Waals surface area contributed by atoms with Crippen LogP contribution in [0.3, 0.4) is 0 Å². The first-order valence-corrected chi connectivity index (χ1v) is 11.2. The number of piperidine rings is 1. The Kier molecular flexibility index (Phi) is 3.21. The number of aliphatic hydroxyl groups excluding tert-OH is 3. The fourth-order valence-corrected chi connectivity index (χ4v) is 10.4. The van der Waals surface area contributed by atoms with Gasteiger partial charge in [0, 0.05) is 23.4 Å². The molecule has 7 fully saturated rings. The lowest BCUT2D eigenvalue weighted by atomic mass is 9.38. The average molecular weight is 378 g/mol. The Morgan fingerprint density at radius 3 is 2.56 bits per heavy atom. The molecule has 6 saturated carbocycles. The minimum Gasteiger partial charge on any atom is -0.393 e. The van der Waals surface area contributed by atoms with E-state index in [2.05, 4.69) is 18.7 Å². The van der Waals surface area contributed by atoms with Crippen molar-refractivity contribution in [2.45, 2.75) is 76.2 Å². The second kappa shape index (κ2) is 4.92. The summed E-state index contributed by atoms with van der Waals surface area (Å²) in [5.41, 5.74) is -1.55. The molecule has 0 aromatic rings. The molecule has 27 heavy (non-hydrogen) atoms. The van der Waals surface area contributed by atoms with Crippen molar-refractivity contribution in [2.24, 2.45) is 39.9 Å². The topological polar surface area (TPSA) is 84.2 Å². The molecule has 11 atom stereocenters. The van der Waals surface area contributed by atoms with Gasteiger partial charge in [-0.15, -0.1) is 0 Å². The van der Waals surface area contributed by atoms with Crippen molar-refractivity contribution >= 4 is 0 Å². The summed E-state index contributed by atoms with van der Waals surface area (Å²) in [5.74, 6) is 1.10. The molecule has 2 spiro atoms. The maximum atomic E-state index is 11.5. The van der Waals surface area contributed by atoms with E-state index >= 15 is 0 Å². The Balaban J connectivity index is 1.58. The highest BCUT2D eigenvalue weighted by molar-refractivity contribution is 5.35. The third-order valence-electron chi connectivity index (χ3n) is 11.1. The monoisotopic (exact) mass is 377 g/mol. The molecule has 6 aliphatic carbocycles. The molecule has 4 N–H and O–H groups in total. The van der Waals surface area contributed by atoms with Gasteiger partial charge in [-0.3, -0.25) is 4.90 Å². The van der Waals surface area contributed by atoms with Crippen LogP contribution in [-0.4, -0.2) is 68.9 Å². The van der Waals surface area contributed by atoms with Crippen LogP contribution in [0.4, 0.5) is 0 Å². The van der Waals surface area contributed by atoms with Crippen molar-refractivity contribution in [3.63, 3.8) is 0 Å². The highest BCUT2D eigenvalue weighted by Crippen LogP contribution is 2.83. The summed E-state index contributed by atoms with van der Waals surface area (Å²) in [4.78, 5) is 2.63. The van der Waals surface area contributed by atoms with E-state index in [1.807, 2.05) is 0 Å². The van der Waals surface area contributed by atoms with E-state index in [9.17, 15) is 20.4 Å². The summed E-state index contributed by atoms with van der Waals surface area (Å²) >= 11 is 0. The number of nitrogens with zero attached hydrogens (tertiary/aromatic N) is 1. The van der Waals surface area contributed by atoms with Crippen molar-refractivity contribution in [1.82, 2.24) is 4.90 Å². The second-order valence-electron chi connectivity index (χ2n) is 11.3. The summed E-state index contributed by atoms with van der Waals surface area (Å²) in [6, 6.07) is 0.329. The van der Waals surface area contributed by atoms with Crippen molar-refractivity contribution in [2.75, 3.05) is 19.7 Å². The third kappa shape index (κ3) is 1.53. The van der Waals surface area contributed by atoms with Gasteiger partial charge in [-0.05, 0) is 74.2 Å². The Morgan fingerprint density at radius 1 is 1.07 bits per heavy atom. The van der Waals surface area contributed by atoms with Crippen molar-refractivity contribution in [1.29, 1.82) is 0 Å². The smallest absolute Gasteiger partial charge is 0.117 e. The highest BCUT2D eigenvalue weighted by Gasteiger charge is 2.86. The largest absolute Gasteiger partial charge is 0.393 e. The Morgan fingerprint density at radius 2 is 1.85 bits per heavy atom. The molecule has 0 radical (unpaired) electrons. The molecular formula is C22H35NO4. The van der Waals surface area contributed by atoms with E-state index in [1.165, 1.54) is 0 Å². The van der Waals surface area contributed by atoms with E-state index in [4.69, 9.17) is 0 Å². The van der Waals surface area contributed by atoms with Crippen LogP contribution in [0.25, 0.3) is 0 Å². The van der Waals surface area contributed by atoms with E-state index in [1.54, 1.807) is 0 Å². The van der Waals surface area contributed by atoms with Crippen LogP contribution >= 0.6 is 0 Å². The van der Waals surface area contributed by atoms with Crippen LogP contribution in [0.5, 0.6) is 0 Å². The predicted molar refractivity (Wildman–Crippen MR) is 99.7 cm³/mol. The zero-order valence-corrected chi connectivity index (χ0v) is 16.6. The predicted octanol–water partition coefficient (Wildman–Crippen LogP) is 0.988. The van der Waals surface area contributed by atoms with Crippen LogP contribution in [0.1, 0.15) is 52.4 Å². The molecule has 1 heterocycles. The fourth-order valence-electron chi connectivity index (χ4n) is 10.4. The molecule has 1 aliphatic heterocycles. The number of aliphatic hydroxyl groups is 4. The highest BCUT2D eigenvalue weighted by atomic mass is 16.4. The molecule has 7 rings (SSSR count).